The number of benzene rings is 1. The first-order chi connectivity index (χ1) is 11.0. The highest BCUT2D eigenvalue weighted by Crippen LogP contribution is 2.29. The molecule has 7 heteroatoms. The normalized spacial score (nSPS) is 12.1. The fraction of sp³-hybridized carbons (Fsp3) is 0.250. The number of halogens is 2. The van der Waals surface area contributed by atoms with Crippen molar-refractivity contribution in [2.75, 3.05) is 13.7 Å². The molecule has 2 rings (SSSR count). The third kappa shape index (κ3) is 3.92. The molecule has 0 aliphatic carbocycles. The predicted molar refractivity (Wildman–Crippen MR) is 85.1 cm³/mol. The zero-order chi connectivity index (χ0) is 16.9. The van der Waals surface area contributed by atoms with Crippen molar-refractivity contribution in [1.29, 1.82) is 0 Å². The van der Waals surface area contributed by atoms with Crippen molar-refractivity contribution < 1.29 is 23.0 Å². The van der Waals surface area contributed by atoms with Gasteiger partial charge in [0.2, 0.25) is 0 Å². The average molecular weight is 339 g/mol. The Balaban J connectivity index is 2.45. The van der Waals surface area contributed by atoms with Crippen LogP contribution in [0.25, 0.3) is 0 Å². The van der Waals surface area contributed by atoms with Crippen molar-refractivity contribution in [3.8, 4) is 5.75 Å². The predicted octanol–water partition coefficient (Wildman–Crippen LogP) is 4.08. The van der Waals surface area contributed by atoms with E-state index in [1.54, 1.807) is 23.6 Å². The van der Waals surface area contributed by atoms with Crippen molar-refractivity contribution in [3.05, 3.63) is 46.7 Å². The van der Waals surface area contributed by atoms with Crippen LogP contribution in [0.15, 0.2) is 46.8 Å². The molecule has 0 aliphatic rings. The van der Waals surface area contributed by atoms with E-state index < -0.39 is 17.6 Å². The SMILES string of the molecule is CCOC(=O)C(F)(F)C(=Nc1ccc(OC)cc1)c1cccs1. The van der Waals surface area contributed by atoms with Gasteiger partial charge >= 0.3 is 11.9 Å². The van der Waals surface area contributed by atoms with E-state index in [1.807, 2.05) is 0 Å². The summed E-state index contributed by atoms with van der Waals surface area (Å²) in [5.41, 5.74) is -0.339. The van der Waals surface area contributed by atoms with E-state index in [1.165, 1.54) is 32.2 Å². The highest BCUT2D eigenvalue weighted by atomic mass is 32.1. The lowest BCUT2D eigenvalue weighted by Crippen LogP contribution is -2.39. The fourth-order valence-corrected chi connectivity index (χ4v) is 2.54. The molecular formula is C16H15F2NO3S. The van der Waals surface area contributed by atoms with Gasteiger partial charge in [0.15, 0.2) is 0 Å². The van der Waals surface area contributed by atoms with Gasteiger partial charge in [-0.25, -0.2) is 9.79 Å². The van der Waals surface area contributed by atoms with E-state index in [4.69, 9.17) is 4.74 Å². The van der Waals surface area contributed by atoms with Crippen LogP contribution in [0.4, 0.5) is 14.5 Å². The monoisotopic (exact) mass is 339 g/mol. The molecule has 23 heavy (non-hydrogen) atoms. The Morgan fingerprint density at radius 2 is 1.96 bits per heavy atom. The maximum Gasteiger partial charge on any atom is 0.385 e. The van der Waals surface area contributed by atoms with E-state index in [0.29, 0.717) is 5.75 Å². The Bertz CT molecular complexity index is 682. The van der Waals surface area contributed by atoms with Crippen LogP contribution in [-0.4, -0.2) is 31.3 Å². The summed E-state index contributed by atoms with van der Waals surface area (Å²) in [7, 11) is 1.50. The summed E-state index contributed by atoms with van der Waals surface area (Å²) >= 11 is 1.08. The fourth-order valence-electron chi connectivity index (χ4n) is 1.80. The van der Waals surface area contributed by atoms with Gasteiger partial charge in [-0.05, 0) is 42.6 Å². The Kier molecular flexibility index (Phi) is 5.44. The van der Waals surface area contributed by atoms with Crippen molar-refractivity contribution in [1.82, 2.24) is 0 Å². The molecule has 0 spiro atoms. The van der Waals surface area contributed by atoms with Gasteiger partial charge in [-0.2, -0.15) is 8.78 Å². The zero-order valence-electron chi connectivity index (χ0n) is 12.6. The van der Waals surface area contributed by atoms with E-state index in [9.17, 15) is 13.6 Å². The van der Waals surface area contributed by atoms with E-state index in [2.05, 4.69) is 9.73 Å². The van der Waals surface area contributed by atoms with Gasteiger partial charge in [-0.15, -0.1) is 11.3 Å². The molecule has 2 aromatic rings. The minimum absolute atomic E-state index is 0.130. The van der Waals surface area contributed by atoms with Crippen LogP contribution < -0.4 is 4.74 Å². The molecule has 0 saturated heterocycles. The Labute approximate surface area is 136 Å². The van der Waals surface area contributed by atoms with Crippen LogP contribution in [0.5, 0.6) is 5.75 Å². The first kappa shape index (κ1) is 17.1. The summed E-state index contributed by atoms with van der Waals surface area (Å²) in [5, 5.41) is 1.64. The summed E-state index contributed by atoms with van der Waals surface area (Å²) in [6.45, 7) is 1.34. The van der Waals surface area contributed by atoms with Gasteiger partial charge in [-0.1, -0.05) is 6.07 Å². The Hall–Kier alpha value is -2.28. The third-order valence-corrected chi connectivity index (χ3v) is 3.77. The quantitative estimate of drug-likeness (QED) is 0.589. The molecule has 0 saturated carbocycles. The first-order valence-corrected chi connectivity index (χ1v) is 7.69. The highest BCUT2D eigenvalue weighted by molar-refractivity contribution is 7.12. The van der Waals surface area contributed by atoms with Crippen LogP contribution in [0.2, 0.25) is 0 Å². The molecule has 0 fully saturated rings. The molecule has 0 radical (unpaired) electrons. The van der Waals surface area contributed by atoms with Crippen LogP contribution in [0.1, 0.15) is 11.8 Å². The second kappa shape index (κ2) is 7.32. The Morgan fingerprint density at radius 1 is 1.26 bits per heavy atom. The van der Waals surface area contributed by atoms with Crippen molar-refractivity contribution >= 4 is 28.7 Å². The van der Waals surface area contributed by atoms with Gasteiger partial charge in [0.25, 0.3) is 0 Å². The zero-order valence-corrected chi connectivity index (χ0v) is 13.4. The van der Waals surface area contributed by atoms with Crippen molar-refractivity contribution in [3.63, 3.8) is 0 Å². The number of hydrogen-bond donors (Lipinski definition) is 0. The number of alkyl halides is 2. The molecular weight excluding hydrogens is 324 g/mol. The highest BCUT2D eigenvalue weighted by Gasteiger charge is 2.47. The molecule has 1 aromatic carbocycles. The molecule has 122 valence electrons. The second-order valence-electron chi connectivity index (χ2n) is 4.43. The molecule has 1 aromatic heterocycles. The smallest absolute Gasteiger partial charge is 0.385 e. The number of rotatable bonds is 6. The third-order valence-electron chi connectivity index (χ3n) is 2.90. The van der Waals surface area contributed by atoms with Gasteiger partial charge in [0, 0.05) is 0 Å². The minimum atomic E-state index is -3.83. The number of thiophene rings is 1. The number of ether oxygens (including phenoxy) is 2. The molecule has 4 nitrogen and oxygen atoms in total. The van der Waals surface area contributed by atoms with Gasteiger partial charge in [0.05, 0.1) is 24.3 Å². The van der Waals surface area contributed by atoms with E-state index >= 15 is 0 Å². The van der Waals surface area contributed by atoms with E-state index in [0.717, 1.165) is 11.3 Å². The number of nitrogens with zero attached hydrogens (tertiary/aromatic N) is 1. The van der Waals surface area contributed by atoms with Gasteiger partial charge < -0.3 is 9.47 Å². The summed E-state index contributed by atoms with van der Waals surface area (Å²) in [5.74, 6) is -4.86. The molecule has 1 heterocycles. The van der Waals surface area contributed by atoms with Crippen LogP contribution >= 0.6 is 11.3 Å². The number of hydrogen-bond acceptors (Lipinski definition) is 5. The second-order valence-corrected chi connectivity index (χ2v) is 5.38. The topological polar surface area (TPSA) is 47.9 Å². The molecule has 0 amide bonds. The summed E-state index contributed by atoms with van der Waals surface area (Å²) in [6, 6.07) is 9.38. The molecule has 0 N–H and O–H groups in total. The standard InChI is InChI=1S/C16H15F2NO3S/c1-3-22-15(20)16(17,18)14(13-5-4-10-23-13)19-11-6-8-12(21-2)9-7-11/h4-10H,3H2,1-2H3. The maximum absolute atomic E-state index is 14.4. The largest absolute Gasteiger partial charge is 0.497 e. The number of aliphatic imine (C=N–C) groups is 1. The number of carbonyl (C=O) groups excluding carboxylic acids is 1. The van der Waals surface area contributed by atoms with Crippen LogP contribution in [0, 0.1) is 0 Å². The molecule has 0 bridgehead atoms. The van der Waals surface area contributed by atoms with Crippen LogP contribution in [0.3, 0.4) is 0 Å². The van der Waals surface area contributed by atoms with Gasteiger partial charge in [-0.3, -0.25) is 0 Å². The number of esters is 1. The first-order valence-electron chi connectivity index (χ1n) is 6.81. The van der Waals surface area contributed by atoms with Crippen molar-refractivity contribution in [2.45, 2.75) is 12.8 Å². The molecule has 0 atom stereocenters. The number of methoxy groups -OCH3 is 1. The Morgan fingerprint density at radius 3 is 2.48 bits per heavy atom. The van der Waals surface area contributed by atoms with E-state index in [-0.39, 0.29) is 17.2 Å². The lowest BCUT2D eigenvalue weighted by molar-refractivity contribution is -0.162. The van der Waals surface area contributed by atoms with Gasteiger partial charge in [0.1, 0.15) is 11.5 Å². The summed E-state index contributed by atoms with van der Waals surface area (Å²) in [6.07, 6.45) is 0. The summed E-state index contributed by atoms with van der Waals surface area (Å²) in [4.78, 5) is 15.8. The van der Waals surface area contributed by atoms with Crippen LogP contribution in [-0.2, 0) is 9.53 Å². The average Bonchev–Trinajstić information content (AvgIpc) is 3.07. The lowest BCUT2D eigenvalue weighted by Gasteiger charge is -2.16. The minimum Gasteiger partial charge on any atom is -0.497 e. The lowest BCUT2D eigenvalue weighted by atomic mass is 10.1. The number of carbonyl (C=O) groups is 1. The molecule has 0 unspecified atom stereocenters. The molecule has 0 aliphatic heterocycles. The van der Waals surface area contributed by atoms with Crippen molar-refractivity contribution in [2.24, 2.45) is 4.99 Å². The summed E-state index contributed by atoms with van der Waals surface area (Å²) < 4.78 is 38.4. The maximum atomic E-state index is 14.4.